The van der Waals surface area contributed by atoms with E-state index in [0.717, 1.165) is 38.9 Å². The Kier molecular flexibility index (Phi) is 54.1. The summed E-state index contributed by atoms with van der Waals surface area (Å²) in [5.74, 6) is -0.191. The normalized spacial score (nSPS) is 12.2. The largest absolute Gasteiger partial charge is 0.744 e. The van der Waals surface area contributed by atoms with Gasteiger partial charge in [0.05, 0.1) is 19.6 Å². The summed E-state index contributed by atoms with van der Waals surface area (Å²) >= 11 is 0. The summed E-state index contributed by atoms with van der Waals surface area (Å²) in [7, 11) is -4.28. The van der Waals surface area contributed by atoms with Crippen molar-refractivity contribution in [2.45, 2.75) is 367 Å². The van der Waals surface area contributed by atoms with Crippen molar-refractivity contribution >= 4 is 10.1 Å². The van der Waals surface area contributed by atoms with Gasteiger partial charge in [-0.15, -0.1) is 0 Å². The molecule has 5 heteroatoms. The maximum atomic E-state index is 12.5. The second-order valence-corrected chi connectivity index (χ2v) is 23.6. The van der Waals surface area contributed by atoms with Crippen LogP contribution in [0.4, 0.5) is 0 Å². The van der Waals surface area contributed by atoms with Crippen molar-refractivity contribution in [2.24, 2.45) is 0 Å². The molecule has 0 spiro atoms. The molecule has 0 atom stereocenters. The van der Waals surface area contributed by atoms with Crippen LogP contribution in [0.5, 0.6) is 0 Å². The van der Waals surface area contributed by atoms with Gasteiger partial charge in [0.1, 0.15) is 10.1 Å². The van der Waals surface area contributed by atoms with Gasteiger partial charge in [-0.25, -0.2) is 8.42 Å². The molecule has 0 amide bonds. The molecule has 0 aliphatic carbocycles. The van der Waals surface area contributed by atoms with E-state index in [2.05, 4.69) is 20.8 Å². The van der Waals surface area contributed by atoms with E-state index >= 15 is 0 Å². The highest BCUT2D eigenvalue weighted by Gasteiger charge is 2.29. The topological polar surface area (TPSA) is 57.2 Å². The van der Waals surface area contributed by atoms with E-state index in [0.29, 0.717) is 4.48 Å². The van der Waals surface area contributed by atoms with Gasteiger partial charge in [0, 0.05) is 0 Å². The predicted molar refractivity (Wildman–Crippen MR) is 296 cm³/mol. The Morgan fingerprint density at radius 3 is 0.470 bits per heavy atom. The fraction of sp³-hybridized carbons (Fsp3) is 1.00. The molecular formula is C61H125NO3S. The third kappa shape index (κ3) is 53.2. The Morgan fingerprint density at radius 1 is 0.227 bits per heavy atom. The number of hydrogen-bond acceptors (Lipinski definition) is 3. The second-order valence-electron chi connectivity index (χ2n) is 22.2. The van der Waals surface area contributed by atoms with Crippen molar-refractivity contribution in [3.05, 3.63) is 0 Å². The van der Waals surface area contributed by atoms with Crippen LogP contribution < -0.4 is 0 Å². The lowest BCUT2D eigenvalue weighted by molar-refractivity contribution is -0.918. The van der Waals surface area contributed by atoms with Gasteiger partial charge >= 0.3 is 0 Å². The van der Waals surface area contributed by atoms with Gasteiger partial charge < -0.3 is 9.04 Å². The van der Waals surface area contributed by atoms with Crippen LogP contribution in [0.3, 0.4) is 0 Å². The molecule has 0 aliphatic rings. The first kappa shape index (κ1) is 65.9. The number of rotatable bonds is 59. The van der Waals surface area contributed by atoms with Crippen molar-refractivity contribution in [1.29, 1.82) is 0 Å². The molecule has 0 fully saturated rings. The highest BCUT2D eigenvalue weighted by molar-refractivity contribution is 7.85. The molecule has 0 radical (unpaired) electrons. The number of quaternary nitrogens is 1. The third-order valence-electron chi connectivity index (χ3n) is 15.4. The molecule has 0 saturated heterocycles. The van der Waals surface area contributed by atoms with Crippen LogP contribution in [-0.4, -0.2) is 43.0 Å². The Labute approximate surface area is 418 Å². The van der Waals surface area contributed by atoms with E-state index in [9.17, 15) is 13.0 Å². The van der Waals surface area contributed by atoms with Crippen molar-refractivity contribution in [1.82, 2.24) is 0 Å². The summed E-state index contributed by atoms with van der Waals surface area (Å²) in [5.41, 5.74) is 0. The van der Waals surface area contributed by atoms with E-state index in [1.807, 2.05) is 0 Å². The monoisotopic (exact) mass is 952 g/mol. The zero-order valence-electron chi connectivity index (χ0n) is 46.1. The number of unbranched alkanes of at least 4 members (excludes halogenated alkanes) is 51. The van der Waals surface area contributed by atoms with Gasteiger partial charge in [-0.05, 0) is 38.5 Å². The van der Waals surface area contributed by atoms with E-state index in [1.165, 1.54) is 327 Å². The van der Waals surface area contributed by atoms with Crippen LogP contribution >= 0.6 is 0 Å². The molecule has 0 aromatic heterocycles. The van der Waals surface area contributed by atoms with Crippen LogP contribution in [-0.2, 0) is 10.1 Å². The Bertz CT molecular complexity index is 903. The maximum absolute atomic E-state index is 12.5. The minimum Gasteiger partial charge on any atom is -0.744 e. The van der Waals surface area contributed by atoms with Gasteiger partial charge in [0.25, 0.3) is 0 Å². The number of hydrogen-bond donors (Lipinski definition) is 0. The quantitative estimate of drug-likeness (QED) is 0.0347. The SMILES string of the molecule is CCCCCCCCCCCCCCCCCCCC[N+](CCCCCCCCCCCCCCCCCCCC)(CCCCCCCCCCCCCCCCCCCC)CS(=O)(=O)[O-]. The Balaban J connectivity index is 4.50. The van der Waals surface area contributed by atoms with Gasteiger partial charge in [0.15, 0.2) is 5.88 Å². The molecule has 66 heavy (non-hydrogen) atoms. The molecule has 4 nitrogen and oxygen atoms in total. The first-order valence-corrected chi connectivity index (χ1v) is 32.8. The molecule has 398 valence electrons. The predicted octanol–water partition coefficient (Wildman–Crippen LogP) is 21.4. The summed E-state index contributed by atoms with van der Waals surface area (Å²) in [5, 5.41) is 0. The first-order chi connectivity index (χ1) is 32.4. The van der Waals surface area contributed by atoms with Crippen LogP contribution in [0.25, 0.3) is 0 Å². The maximum Gasteiger partial charge on any atom is 0.169 e. The Hall–Kier alpha value is -0.130. The average Bonchev–Trinajstić information content (AvgIpc) is 3.30. The lowest BCUT2D eigenvalue weighted by atomic mass is 10.0. The molecule has 0 bridgehead atoms. The molecular weight excluding hydrogens is 827 g/mol. The van der Waals surface area contributed by atoms with Gasteiger partial charge in [-0.1, -0.05) is 329 Å². The van der Waals surface area contributed by atoms with Gasteiger partial charge in [0.2, 0.25) is 0 Å². The molecule has 0 aromatic carbocycles. The summed E-state index contributed by atoms with van der Waals surface area (Å²) in [6.45, 7) is 9.51. The van der Waals surface area contributed by atoms with E-state index < -0.39 is 10.1 Å². The van der Waals surface area contributed by atoms with E-state index in [1.54, 1.807) is 0 Å². The summed E-state index contributed by atoms with van der Waals surface area (Å²) in [4.78, 5) is 0. The van der Waals surface area contributed by atoms with E-state index in [4.69, 9.17) is 0 Å². The first-order valence-electron chi connectivity index (χ1n) is 31.2. The van der Waals surface area contributed by atoms with Crippen molar-refractivity contribution < 1.29 is 17.5 Å². The van der Waals surface area contributed by atoms with Crippen molar-refractivity contribution in [2.75, 3.05) is 25.5 Å². The molecule has 0 aliphatic heterocycles. The van der Waals surface area contributed by atoms with Crippen LogP contribution in [0.15, 0.2) is 0 Å². The molecule has 0 aromatic rings. The van der Waals surface area contributed by atoms with Gasteiger partial charge in [-0.3, -0.25) is 0 Å². The summed E-state index contributed by atoms with van der Waals surface area (Å²) < 4.78 is 37.9. The molecule has 0 unspecified atom stereocenters. The highest BCUT2D eigenvalue weighted by atomic mass is 32.2. The zero-order chi connectivity index (χ0) is 48.0. The Morgan fingerprint density at radius 2 is 0.348 bits per heavy atom. The molecule has 0 N–H and O–H groups in total. The number of nitrogens with zero attached hydrogens (tertiary/aromatic N) is 1. The summed E-state index contributed by atoms with van der Waals surface area (Å²) in [6.07, 6.45) is 73.5. The van der Waals surface area contributed by atoms with E-state index in [-0.39, 0.29) is 5.88 Å². The minimum absolute atomic E-state index is 0.191. The molecule has 0 rings (SSSR count). The fourth-order valence-electron chi connectivity index (χ4n) is 10.9. The zero-order valence-corrected chi connectivity index (χ0v) is 46.9. The molecule has 0 saturated carbocycles. The van der Waals surface area contributed by atoms with Crippen LogP contribution in [0, 0.1) is 0 Å². The van der Waals surface area contributed by atoms with Crippen molar-refractivity contribution in [3.63, 3.8) is 0 Å². The van der Waals surface area contributed by atoms with Crippen LogP contribution in [0.2, 0.25) is 0 Å². The average molecular weight is 953 g/mol. The van der Waals surface area contributed by atoms with Crippen LogP contribution in [0.1, 0.15) is 367 Å². The second kappa shape index (κ2) is 54.2. The van der Waals surface area contributed by atoms with Crippen molar-refractivity contribution in [3.8, 4) is 0 Å². The smallest absolute Gasteiger partial charge is 0.169 e. The standard InChI is InChI=1S/C61H125NO3S/c1-4-7-10-13-16-19-22-25-28-31-34-37-40-43-46-49-52-55-58-62(61-66(63,64)65,59-56-53-50-47-44-41-38-35-32-29-26-23-20-17-14-11-8-5-2)60-57-54-51-48-45-42-39-36-33-30-27-24-21-18-15-12-9-6-3/h4-61H2,1-3H3. The molecule has 0 heterocycles. The highest BCUT2D eigenvalue weighted by Crippen LogP contribution is 2.22. The minimum atomic E-state index is -4.28. The van der Waals surface area contributed by atoms with Gasteiger partial charge in [-0.2, -0.15) is 0 Å². The third-order valence-corrected chi connectivity index (χ3v) is 16.3. The lowest BCUT2D eigenvalue weighted by Gasteiger charge is -2.39. The lowest BCUT2D eigenvalue weighted by Crippen LogP contribution is -2.53. The summed E-state index contributed by atoms with van der Waals surface area (Å²) in [6, 6.07) is 0. The fourth-order valence-corrected chi connectivity index (χ4v) is 12.0.